The van der Waals surface area contributed by atoms with Gasteiger partial charge in [-0.05, 0) is 30.3 Å². The largest absolute Gasteiger partial charge is 0.325 e. The fourth-order valence-corrected chi connectivity index (χ4v) is 3.90. The van der Waals surface area contributed by atoms with Crippen molar-refractivity contribution in [1.29, 1.82) is 0 Å². The minimum absolute atomic E-state index is 0.161. The number of para-hydroxylation sites is 1. The molecule has 9 heteroatoms. The van der Waals surface area contributed by atoms with Gasteiger partial charge in [-0.25, -0.2) is 15.0 Å². The molecular weight excluding hydrogens is 410 g/mol. The molecule has 0 saturated heterocycles. The van der Waals surface area contributed by atoms with Crippen LogP contribution in [0.1, 0.15) is 17.4 Å². The van der Waals surface area contributed by atoms with Gasteiger partial charge in [-0.3, -0.25) is 9.59 Å². The van der Waals surface area contributed by atoms with E-state index in [4.69, 9.17) is 11.6 Å². The molecule has 0 unspecified atom stereocenters. The Hall–Kier alpha value is -3.36. The molecule has 7 nitrogen and oxygen atoms in total. The van der Waals surface area contributed by atoms with Gasteiger partial charge in [-0.1, -0.05) is 23.7 Å². The average molecular weight is 424 g/mol. The standard InChI is InChI=1S/C20H14ClN5O2S/c1-11(27)24-14-7-6-12(10-13(14)21)25-19(28)17-18(23-9-8-22-17)20-26-15-4-2-3-5-16(15)29-20/h2-10H,1H3,(H,24,27)(H,25,28). The molecule has 29 heavy (non-hydrogen) atoms. The van der Waals surface area contributed by atoms with Crippen molar-refractivity contribution in [3.8, 4) is 10.7 Å². The van der Waals surface area contributed by atoms with Crippen molar-refractivity contribution >= 4 is 56.3 Å². The van der Waals surface area contributed by atoms with Crippen LogP contribution in [0.2, 0.25) is 5.02 Å². The fourth-order valence-electron chi connectivity index (χ4n) is 2.71. The number of anilines is 2. The predicted octanol–water partition coefficient (Wildman–Crippen LogP) is 4.62. The Kier molecular flexibility index (Phi) is 5.20. The van der Waals surface area contributed by atoms with E-state index in [0.717, 1.165) is 10.2 Å². The van der Waals surface area contributed by atoms with E-state index >= 15 is 0 Å². The lowest BCUT2D eigenvalue weighted by Crippen LogP contribution is -2.16. The molecule has 0 aliphatic heterocycles. The first-order valence-corrected chi connectivity index (χ1v) is 9.76. The van der Waals surface area contributed by atoms with Crippen molar-refractivity contribution < 1.29 is 9.59 Å². The van der Waals surface area contributed by atoms with Crippen LogP contribution in [0.4, 0.5) is 11.4 Å². The Morgan fingerprint density at radius 1 is 1.03 bits per heavy atom. The minimum atomic E-state index is -0.435. The van der Waals surface area contributed by atoms with Crippen LogP contribution in [-0.2, 0) is 4.79 Å². The Balaban J connectivity index is 1.63. The molecule has 0 aliphatic carbocycles. The first-order chi connectivity index (χ1) is 14.0. The lowest BCUT2D eigenvalue weighted by Gasteiger charge is -2.10. The van der Waals surface area contributed by atoms with Gasteiger partial charge in [0, 0.05) is 25.0 Å². The molecule has 2 aromatic carbocycles. The zero-order valence-corrected chi connectivity index (χ0v) is 16.7. The minimum Gasteiger partial charge on any atom is -0.325 e. The lowest BCUT2D eigenvalue weighted by molar-refractivity contribution is -0.114. The first kappa shape index (κ1) is 19.0. The van der Waals surface area contributed by atoms with E-state index in [-0.39, 0.29) is 11.6 Å². The highest BCUT2D eigenvalue weighted by molar-refractivity contribution is 7.21. The van der Waals surface area contributed by atoms with Crippen LogP contribution in [0.25, 0.3) is 20.9 Å². The summed E-state index contributed by atoms with van der Waals surface area (Å²) in [6, 6.07) is 12.5. The molecule has 2 amide bonds. The molecule has 0 radical (unpaired) electrons. The molecule has 2 N–H and O–H groups in total. The molecule has 0 bridgehead atoms. The Bertz CT molecular complexity index is 1210. The number of aromatic nitrogens is 3. The number of benzene rings is 2. The van der Waals surface area contributed by atoms with Crippen LogP contribution in [0.3, 0.4) is 0 Å². The highest BCUT2D eigenvalue weighted by Crippen LogP contribution is 2.31. The molecule has 0 aliphatic rings. The second kappa shape index (κ2) is 7.94. The quantitative estimate of drug-likeness (QED) is 0.499. The molecule has 0 atom stereocenters. The van der Waals surface area contributed by atoms with Gasteiger partial charge in [0.25, 0.3) is 5.91 Å². The summed E-state index contributed by atoms with van der Waals surface area (Å²) in [5.41, 5.74) is 2.34. The van der Waals surface area contributed by atoms with E-state index in [1.54, 1.807) is 18.2 Å². The van der Waals surface area contributed by atoms with E-state index in [1.807, 2.05) is 24.3 Å². The maximum absolute atomic E-state index is 12.8. The zero-order valence-electron chi connectivity index (χ0n) is 15.1. The number of thiazole rings is 1. The van der Waals surface area contributed by atoms with Crippen LogP contribution in [0.5, 0.6) is 0 Å². The molecule has 2 aromatic heterocycles. The van der Waals surface area contributed by atoms with Gasteiger partial charge in [0.1, 0.15) is 10.7 Å². The van der Waals surface area contributed by atoms with E-state index < -0.39 is 5.91 Å². The first-order valence-electron chi connectivity index (χ1n) is 8.57. The maximum Gasteiger partial charge on any atom is 0.276 e. The van der Waals surface area contributed by atoms with Crippen molar-refractivity contribution in [2.24, 2.45) is 0 Å². The SMILES string of the molecule is CC(=O)Nc1ccc(NC(=O)c2nccnc2-c2nc3ccccc3s2)cc1Cl. The molecule has 0 saturated carbocycles. The van der Waals surface area contributed by atoms with Crippen molar-refractivity contribution in [2.45, 2.75) is 6.92 Å². The summed E-state index contributed by atoms with van der Waals surface area (Å²) in [7, 11) is 0. The van der Waals surface area contributed by atoms with E-state index in [9.17, 15) is 9.59 Å². The molecule has 144 valence electrons. The maximum atomic E-state index is 12.8. The number of amides is 2. The number of rotatable bonds is 4. The Morgan fingerprint density at radius 3 is 2.59 bits per heavy atom. The van der Waals surface area contributed by atoms with Crippen LogP contribution >= 0.6 is 22.9 Å². The molecule has 2 heterocycles. The van der Waals surface area contributed by atoms with Gasteiger partial charge in [-0.15, -0.1) is 11.3 Å². The van der Waals surface area contributed by atoms with Crippen molar-refractivity contribution in [3.05, 3.63) is 65.6 Å². The summed E-state index contributed by atoms with van der Waals surface area (Å²) >= 11 is 7.62. The lowest BCUT2D eigenvalue weighted by atomic mass is 10.2. The number of carbonyl (C=O) groups is 2. The van der Waals surface area contributed by atoms with Crippen molar-refractivity contribution in [3.63, 3.8) is 0 Å². The Labute approximate surface area is 174 Å². The fraction of sp³-hybridized carbons (Fsp3) is 0.0500. The number of nitrogens with one attached hydrogen (secondary N) is 2. The Morgan fingerprint density at radius 2 is 1.83 bits per heavy atom. The highest BCUT2D eigenvalue weighted by Gasteiger charge is 2.19. The number of hydrogen-bond acceptors (Lipinski definition) is 6. The summed E-state index contributed by atoms with van der Waals surface area (Å²) in [4.78, 5) is 37.1. The molecule has 4 aromatic rings. The third-order valence-corrected chi connectivity index (χ3v) is 5.30. The number of fused-ring (bicyclic) bond motifs is 1. The summed E-state index contributed by atoms with van der Waals surface area (Å²) in [5, 5.41) is 6.30. The van der Waals surface area contributed by atoms with Crippen molar-refractivity contribution in [2.75, 3.05) is 10.6 Å². The summed E-state index contributed by atoms with van der Waals surface area (Å²) < 4.78 is 1.000. The van der Waals surface area contributed by atoms with Gasteiger partial charge in [-0.2, -0.15) is 0 Å². The van der Waals surface area contributed by atoms with Gasteiger partial charge in [0.15, 0.2) is 5.69 Å². The summed E-state index contributed by atoms with van der Waals surface area (Å²) in [5.74, 6) is -0.667. The highest BCUT2D eigenvalue weighted by atomic mass is 35.5. The number of hydrogen-bond donors (Lipinski definition) is 2. The zero-order chi connectivity index (χ0) is 20.4. The van der Waals surface area contributed by atoms with E-state index in [1.165, 1.54) is 30.7 Å². The predicted molar refractivity (Wildman–Crippen MR) is 114 cm³/mol. The van der Waals surface area contributed by atoms with Crippen LogP contribution in [0, 0.1) is 0 Å². The average Bonchev–Trinajstić information content (AvgIpc) is 3.14. The van der Waals surface area contributed by atoms with Crippen molar-refractivity contribution in [1.82, 2.24) is 15.0 Å². The van der Waals surface area contributed by atoms with Gasteiger partial charge >= 0.3 is 0 Å². The van der Waals surface area contributed by atoms with Gasteiger partial charge in [0.05, 0.1) is 20.9 Å². The van der Waals surface area contributed by atoms with E-state index in [0.29, 0.717) is 27.1 Å². The van der Waals surface area contributed by atoms with Gasteiger partial charge in [0.2, 0.25) is 5.91 Å². The normalized spacial score (nSPS) is 10.7. The second-order valence-corrected chi connectivity index (χ2v) is 7.51. The summed E-state index contributed by atoms with van der Waals surface area (Å²) in [6.07, 6.45) is 2.98. The third-order valence-electron chi connectivity index (χ3n) is 3.95. The molecule has 0 spiro atoms. The smallest absolute Gasteiger partial charge is 0.276 e. The second-order valence-electron chi connectivity index (χ2n) is 6.07. The monoisotopic (exact) mass is 423 g/mol. The number of halogens is 1. The topological polar surface area (TPSA) is 96.9 Å². The molecular formula is C20H14ClN5O2S. The van der Waals surface area contributed by atoms with Crippen LogP contribution in [0.15, 0.2) is 54.9 Å². The molecule has 0 fully saturated rings. The number of nitrogens with zero attached hydrogens (tertiary/aromatic N) is 3. The molecule has 4 rings (SSSR count). The number of carbonyl (C=O) groups excluding carboxylic acids is 2. The van der Waals surface area contributed by atoms with Crippen LogP contribution < -0.4 is 10.6 Å². The summed E-state index contributed by atoms with van der Waals surface area (Å²) in [6.45, 7) is 1.39. The van der Waals surface area contributed by atoms with Gasteiger partial charge < -0.3 is 10.6 Å². The third kappa shape index (κ3) is 4.08. The van der Waals surface area contributed by atoms with E-state index in [2.05, 4.69) is 25.6 Å². The van der Waals surface area contributed by atoms with Crippen LogP contribution in [-0.4, -0.2) is 26.8 Å².